The highest BCUT2D eigenvalue weighted by Crippen LogP contribution is 2.25. The highest BCUT2D eigenvalue weighted by atomic mass is 35.5. The fourth-order valence-electron chi connectivity index (χ4n) is 3.35. The molecule has 1 fully saturated rings. The SMILES string of the molecule is Cc1cc(OCC(=O)NCc2ccc(S(=O)(=O)N3CCN(C)CC3)cc2)cc(C)c1Cl. The van der Waals surface area contributed by atoms with Crippen LogP contribution in [0, 0.1) is 13.8 Å². The summed E-state index contributed by atoms with van der Waals surface area (Å²) >= 11 is 6.14. The summed E-state index contributed by atoms with van der Waals surface area (Å²) in [5.74, 6) is 0.326. The minimum Gasteiger partial charge on any atom is -0.484 e. The molecule has 1 amide bonds. The number of aryl methyl sites for hydroxylation is 2. The number of amides is 1. The van der Waals surface area contributed by atoms with Crippen molar-refractivity contribution in [3.8, 4) is 5.75 Å². The summed E-state index contributed by atoms with van der Waals surface area (Å²) in [6, 6.07) is 10.2. The van der Waals surface area contributed by atoms with E-state index in [-0.39, 0.29) is 24.0 Å². The van der Waals surface area contributed by atoms with Crippen LogP contribution in [0.15, 0.2) is 41.3 Å². The van der Waals surface area contributed by atoms with Gasteiger partial charge in [0.25, 0.3) is 5.91 Å². The van der Waals surface area contributed by atoms with Crippen LogP contribution in [0.1, 0.15) is 16.7 Å². The lowest BCUT2D eigenvalue weighted by Crippen LogP contribution is -2.47. The molecular formula is C22H28ClN3O4S. The van der Waals surface area contributed by atoms with Gasteiger partial charge in [-0.05, 0) is 61.9 Å². The second kappa shape index (κ2) is 9.99. The van der Waals surface area contributed by atoms with Crippen LogP contribution in [0.4, 0.5) is 0 Å². The van der Waals surface area contributed by atoms with Gasteiger partial charge >= 0.3 is 0 Å². The number of halogens is 1. The molecule has 0 atom stereocenters. The van der Waals surface area contributed by atoms with Crippen molar-refractivity contribution in [2.45, 2.75) is 25.3 Å². The Labute approximate surface area is 189 Å². The largest absolute Gasteiger partial charge is 0.484 e. The summed E-state index contributed by atoms with van der Waals surface area (Å²) in [6.07, 6.45) is 0. The van der Waals surface area contributed by atoms with Gasteiger partial charge in [0.15, 0.2) is 6.61 Å². The predicted molar refractivity (Wildman–Crippen MR) is 121 cm³/mol. The second-order valence-corrected chi connectivity index (χ2v) is 10.1. The molecule has 1 saturated heterocycles. The first-order valence-electron chi connectivity index (χ1n) is 10.1. The standard InChI is InChI=1S/C22H28ClN3O4S/c1-16-12-19(13-17(2)22(16)23)30-15-21(27)24-14-18-4-6-20(7-5-18)31(28,29)26-10-8-25(3)9-11-26/h4-7,12-13H,8-11,14-15H2,1-3H3,(H,24,27). The zero-order valence-electron chi connectivity index (χ0n) is 18.0. The molecule has 0 unspecified atom stereocenters. The first-order valence-corrected chi connectivity index (χ1v) is 11.9. The zero-order valence-corrected chi connectivity index (χ0v) is 19.6. The van der Waals surface area contributed by atoms with E-state index < -0.39 is 10.0 Å². The van der Waals surface area contributed by atoms with E-state index in [4.69, 9.17) is 16.3 Å². The van der Waals surface area contributed by atoms with E-state index in [0.29, 0.717) is 23.9 Å². The van der Waals surface area contributed by atoms with Crippen molar-refractivity contribution < 1.29 is 17.9 Å². The van der Waals surface area contributed by atoms with Gasteiger partial charge in [0.05, 0.1) is 4.90 Å². The van der Waals surface area contributed by atoms with Gasteiger partial charge in [-0.2, -0.15) is 4.31 Å². The molecule has 3 rings (SSSR count). The maximum absolute atomic E-state index is 12.8. The molecule has 0 saturated carbocycles. The topological polar surface area (TPSA) is 78.9 Å². The maximum Gasteiger partial charge on any atom is 0.258 e. The highest BCUT2D eigenvalue weighted by molar-refractivity contribution is 7.89. The van der Waals surface area contributed by atoms with Crippen LogP contribution in [-0.2, 0) is 21.4 Å². The van der Waals surface area contributed by atoms with Crippen molar-refractivity contribution in [1.29, 1.82) is 0 Å². The number of sulfonamides is 1. The van der Waals surface area contributed by atoms with Crippen molar-refractivity contribution in [3.63, 3.8) is 0 Å². The number of piperazine rings is 1. The van der Waals surface area contributed by atoms with Crippen LogP contribution >= 0.6 is 11.6 Å². The minimum atomic E-state index is -3.49. The monoisotopic (exact) mass is 465 g/mol. The summed E-state index contributed by atoms with van der Waals surface area (Å²) in [5.41, 5.74) is 2.59. The van der Waals surface area contributed by atoms with Gasteiger partial charge in [-0.25, -0.2) is 8.42 Å². The van der Waals surface area contributed by atoms with Gasteiger partial charge < -0.3 is 15.0 Å². The van der Waals surface area contributed by atoms with Crippen molar-refractivity contribution in [2.24, 2.45) is 0 Å². The van der Waals surface area contributed by atoms with Gasteiger partial charge in [0.1, 0.15) is 5.75 Å². The zero-order chi connectivity index (χ0) is 22.6. The van der Waals surface area contributed by atoms with Gasteiger partial charge in [-0.3, -0.25) is 4.79 Å². The summed E-state index contributed by atoms with van der Waals surface area (Å²) in [4.78, 5) is 14.5. The molecule has 9 heteroatoms. The average molecular weight is 466 g/mol. The molecule has 0 bridgehead atoms. The van der Waals surface area contributed by atoms with Crippen molar-refractivity contribution in [1.82, 2.24) is 14.5 Å². The second-order valence-electron chi connectivity index (χ2n) is 7.79. The molecule has 1 heterocycles. The number of carbonyl (C=O) groups is 1. The lowest BCUT2D eigenvalue weighted by Gasteiger charge is -2.31. The highest BCUT2D eigenvalue weighted by Gasteiger charge is 2.27. The van der Waals surface area contributed by atoms with Crippen LogP contribution in [0.2, 0.25) is 5.02 Å². The third-order valence-electron chi connectivity index (χ3n) is 5.29. The van der Waals surface area contributed by atoms with Crippen molar-refractivity contribution in [2.75, 3.05) is 39.8 Å². The van der Waals surface area contributed by atoms with E-state index in [2.05, 4.69) is 10.2 Å². The van der Waals surface area contributed by atoms with E-state index in [9.17, 15) is 13.2 Å². The third kappa shape index (κ3) is 5.98. The summed E-state index contributed by atoms with van der Waals surface area (Å²) < 4.78 is 32.6. The number of benzene rings is 2. The van der Waals surface area contributed by atoms with E-state index >= 15 is 0 Å². The van der Waals surface area contributed by atoms with Crippen LogP contribution in [0.3, 0.4) is 0 Å². The lowest BCUT2D eigenvalue weighted by molar-refractivity contribution is -0.123. The fraction of sp³-hybridized carbons (Fsp3) is 0.409. The van der Waals surface area contributed by atoms with Crippen LogP contribution in [-0.4, -0.2) is 63.4 Å². The Morgan fingerprint density at radius 1 is 1.06 bits per heavy atom. The smallest absolute Gasteiger partial charge is 0.258 e. The molecule has 0 radical (unpaired) electrons. The van der Waals surface area contributed by atoms with Crippen LogP contribution in [0.25, 0.3) is 0 Å². The molecule has 7 nitrogen and oxygen atoms in total. The Morgan fingerprint density at radius 2 is 1.65 bits per heavy atom. The Balaban J connectivity index is 1.51. The number of likely N-dealkylation sites (N-methyl/N-ethyl adjacent to an activating group) is 1. The first kappa shape index (κ1) is 23.5. The fourth-order valence-corrected chi connectivity index (χ4v) is 4.88. The maximum atomic E-state index is 12.8. The molecule has 0 spiro atoms. The molecule has 1 aliphatic rings. The Hall–Kier alpha value is -2.13. The van der Waals surface area contributed by atoms with E-state index in [1.54, 1.807) is 36.4 Å². The molecular weight excluding hydrogens is 438 g/mol. The number of nitrogens with one attached hydrogen (secondary N) is 1. The summed E-state index contributed by atoms with van der Waals surface area (Å²) in [6.45, 7) is 6.37. The molecule has 0 aromatic heterocycles. The number of hydrogen-bond acceptors (Lipinski definition) is 5. The van der Waals surface area contributed by atoms with Crippen molar-refractivity contribution >= 4 is 27.5 Å². The predicted octanol–water partition coefficient (Wildman–Crippen LogP) is 2.59. The van der Waals surface area contributed by atoms with E-state index in [1.807, 2.05) is 20.9 Å². The number of carbonyl (C=O) groups excluding carboxylic acids is 1. The molecule has 1 aliphatic heterocycles. The molecule has 31 heavy (non-hydrogen) atoms. The molecule has 2 aromatic rings. The van der Waals surface area contributed by atoms with E-state index in [0.717, 1.165) is 29.8 Å². The normalized spacial score (nSPS) is 15.6. The minimum absolute atomic E-state index is 0.115. The summed E-state index contributed by atoms with van der Waals surface area (Å²) in [5, 5.41) is 3.47. The Kier molecular flexibility index (Phi) is 7.59. The van der Waals surface area contributed by atoms with Gasteiger partial charge in [-0.15, -0.1) is 0 Å². The first-order chi connectivity index (χ1) is 14.7. The Bertz CT molecular complexity index is 1010. The average Bonchev–Trinajstić information content (AvgIpc) is 2.75. The van der Waals surface area contributed by atoms with Gasteiger partial charge in [-0.1, -0.05) is 23.7 Å². The van der Waals surface area contributed by atoms with Crippen LogP contribution < -0.4 is 10.1 Å². The van der Waals surface area contributed by atoms with E-state index in [1.165, 1.54) is 4.31 Å². The van der Waals surface area contributed by atoms with Gasteiger partial charge in [0, 0.05) is 37.7 Å². The molecule has 0 aliphatic carbocycles. The molecule has 168 valence electrons. The number of rotatable bonds is 7. The third-order valence-corrected chi connectivity index (χ3v) is 7.80. The quantitative estimate of drug-likeness (QED) is 0.680. The molecule has 1 N–H and O–H groups in total. The number of hydrogen-bond donors (Lipinski definition) is 1. The Morgan fingerprint density at radius 3 is 2.23 bits per heavy atom. The molecule has 2 aromatic carbocycles. The van der Waals surface area contributed by atoms with Crippen LogP contribution in [0.5, 0.6) is 5.75 Å². The van der Waals surface area contributed by atoms with Gasteiger partial charge in [0.2, 0.25) is 10.0 Å². The number of ether oxygens (including phenoxy) is 1. The number of nitrogens with zero attached hydrogens (tertiary/aromatic N) is 2. The summed E-state index contributed by atoms with van der Waals surface area (Å²) in [7, 11) is -1.51. The lowest BCUT2D eigenvalue weighted by atomic mass is 10.1. The van der Waals surface area contributed by atoms with Crippen molar-refractivity contribution in [3.05, 3.63) is 58.1 Å².